The predicted octanol–water partition coefficient (Wildman–Crippen LogP) is 1.86. The molecule has 0 fully saturated rings. The molecule has 0 radical (unpaired) electrons. The lowest BCUT2D eigenvalue weighted by molar-refractivity contribution is 0.251. The number of nitrogens with zero attached hydrogens (tertiary/aromatic N) is 2. The number of benzene rings is 1. The zero-order valence-electron chi connectivity index (χ0n) is 8.38. The Morgan fingerprint density at radius 2 is 2.12 bits per heavy atom. The number of anilines is 1. The van der Waals surface area contributed by atoms with Gasteiger partial charge in [0.2, 0.25) is 0 Å². The smallest absolute Gasteiger partial charge is 0.319 e. The monoisotopic (exact) mass is 234 g/mol. The first-order chi connectivity index (χ1) is 7.84. The Morgan fingerprint density at radius 1 is 1.31 bits per heavy atom. The summed E-state index contributed by atoms with van der Waals surface area (Å²) in [5.74, 6) is 0. The number of para-hydroxylation sites is 1. The molecule has 0 unspecified atom stereocenters. The van der Waals surface area contributed by atoms with E-state index in [1.807, 2.05) is 30.3 Å². The first kappa shape index (κ1) is 10.6. The zero-order valence-corrected chi connectivity index (χ0v) is 9.20. The second-order valence-corrected chi connectivity index (χ2v) is 3.68. The fourth-order valence-electron chi connectivity index (χ4n) is 1.13. The van der Waals surface area contributed by atoms with Crippen molar-refractivity contribution in [2.75, 3.05) is 5.32 Å². The summed E-state index contributed by atoms with van der Waals surface area (Å²) in [6, 6.07) is 9.01. The number of aromatic nitrogens is 2. The molecule has 0 saturated heterocycles. The Kier molecular flexibility index (Phi) is 3.45. The first-order valence-corrected chi connectivity index (χ1v) is 5.54. The minimum atomic E-state index is -0.251. The SMILES string of the molecule is O=C(NCc1csnn1)Nc1ccccc1. The second-order valence-electron chi connectivity index (χ2n) is 3.07. The molecule has 2 N–H and O–H groups in total. The minimum Gasteiger partial charge on any atom is -0.332 e. The van der Waals surface area contributed by atoms with Crippen molar-refractivity contribution < 1.29 is 4.79 Å². The molecular weight excluding hydrogens is 224 g/mol. The van der Waals surface area contributed by atoms with Gasteiger partial charge in [0, 0.05) is 11.1 Å². The lowest BCUT2D eigenvalue weighted by Crippen LogP contribution is -2.28. The van der Waals surface area contributed by atoms with E-state index >= 15 is 0 Å². The lowest BCUT2D eigenvalue weighted by atomic mass is 10.3. The van der Waals surface area contributed by atoms with Crippen molar-refractivity contribution in [2.24, 2.45) is 0 Å². The van der Waals surface area contributed by atoms with Crippen LogP contribution in [0.1, 0.15) is 5.69 Å². The number of hydrogen-bond acceptors (Lipinski definition) is 4. The van der Waals surface area contributed by atoms with Crippen molar-refractivity contribution in [1.29, 1.82) is 0 Å². The minimum absolute atomic E-state index is 0.251. The summed E-state index contributed by atoms with van der Waals surface area (Å²) < 4.78 is 3.70. The Morgan fingerprint density at radius 3 is 2.81 bits per heavy atom. The largest absolute Gasteiger partial charge is 0.332 e. The van der Waals surface area contributed by atoms with E-state index in [9.17, 15) is 4.79 Å². The highest BCUT2D eigenvalue weighted by molar-refractivity contribution is 7.03. The second kappa shape index (κ2) is 5.22. The Balaban J connectivity index is 1.81. The quantitative estimate of drug-likeness (QED) is 0.851. The van der Waals surface area contributed by atoms with E-state index in [0.717, 1.165) is 11.4 Å². The van der Waals surface area contributed by atoms with E-state index in [1.165, 1.54) is 11.5 Å². The molecule has 0 aliphatic carbocycles. The molecule has 0 bridgehead atoms. The van der Waals surface area contributed by atoms with Gasteiger partial charge in [-0.3, -0.25) is 0 Å². The normalized spacial score (nSPS) is 9.75. The van der Waals surface area contributed by atoms with Gasteiger partial charge in [-0.25, -0.2) is 4.79 Å². The van der Waals surface area contributed by atoms with Crippen LogP contribution in [0.25, 0.3) is 0 Å². The van der Waals surface area contributed by atoms with Crippen LogP contribution in [0.2, 0.25) is 0 Å². The average molecular weight is 234 g/mol. The number of hydrogen-bond donors (Lipinski definition) is 2. The number of carbonyl (C=O) groups excluding carboxylic acids is 1. The molecule has 1 aromatic carbocycles. The van der Waals surface area contributed by atoms with E-state index in [4.69, 9.17) is 0 Å². The Hall–Kier alpha value is -1.95. The fraction of sp³-hybridized carbons (Fsp3) is 0.100. The summed E-state index contributed by atoms with van der Waals surface area (Å²) in [5.41, 5.74) is 1.52. The van der Waals surface area contributed by atoms with Crippen molar-refractivity contribution in [2.45, 2.75) is 6.54 Å². The molecule has 5 nitrogen and oxygen atoms in total. The maximum absolute atomic E-state index is 11.4. The molecule has 0 aliphatic rings. The van der Waals surface area contributed by atoms with Crippen molar-refractivity contribution in [1.82, 2.24) is 14.9 Å². The summed E-state index contributed by atoms with van der Waals surface area (Å²) in [4.78, 5) is 11.4. The number of rotatable bonds is 3. The maximum atomic E-state index is 11.4. The van der Waals surface area contributed by atoms with Gasteiger partial charge in [-0.1, -0.05) is 22.7 Å². The molecule has 1 aromatic heterocycles. The number of nitrogens with one attached hydrogen (secondary N) is 2. The van der Waals surface area contributed by atoms with Gasteiger partial charge in [-0.15, -0.1) is 5.10 Å². The van der Waals surface area contributed by atoms with Gasteiger partial charge in [-0.05, 0) is 23.7 Å². The summed E-state index contributed by atoms with van der Waals surface area (Å²) >= 11 is 1.26. The molecule has 82 valence electrons. The Labute approximate surface area is 96.7 Å². The van der Waals surface area contributed by atoms with Gasteiger partial charge in [0.15, 0.2) is 0 Å². The molecular formula is C10H10N4OS. The molecule has 0 aliphatic heterocycles. The highest BCUT2D eigenvalue weighted by atomic mass is 32.1. The van der Waals surface area contributed by atoms with Crippen LogP contribution < -0.4 is 10.6 Å². The molecule has 1 heterocycles. The number of amides is 2. The number of urea groups is 1. The van der Waals surface area contributed by atoms with Crippen molar-refractivity contribution in [3.8, 4) is 0 Å². The summed E-state index contributed by atoms with van der Waals surface area (Å²) in [5, 5.41) is 11.0. The third-order valence-corrected chi connectivity index (χ3v) is 2.42. The van der Waals surface area contributed by atoms with Crippen LogP contribution in [0.4, 0.5) is 10.5 Å². The van der Waals surface area contributed by atoms with Crippen molar-refractivity contribution in [3.05, 3.63) is 41.4 Å². The highest BCUT2D eigenvalue weighted by Crippen LogP contribution is 2.04. The van der Waals surface area contributed by atoms with Crippen LogP contribution in [0, 0.1) is 0 Å². The fourth-order valence-corrected chi connectivity index (χ4v) is 1.58. The molecule has 6 heteroatoms. The van der Waals surface area contributed by atoms with Gasteiger partial charge < -0.3 is 10.6 Å². The standard InChI is InChI=1S/C10H10N4OS/c15-10(11-6-9-7-16-14-13-9)12-8-4-2-1-3-5-8/h1-5,7H,6H2,(H2,11,12,15). The third-order valence-electron chi connectivity index (χ3n) is 1.87. The van der Waals surface area contributed by atoms with Crippen molar-refractivity contribution in [3.63, 3.8) is 0 Å². The summed E-state index contributed by atoms with van der Waals surface area (Å²) in [6.07, 6.45) is 0. The molecule has 16 heavy (non-hydrogen) atoms. The van der Waals surface area contributed by atoms with Gasteiger partial charge in [0.25, 0.3) is 0 Å². The van der Waals surface area contributed by atoms with Crippen LogP contribution in [0.5, 0.6) is 0 Å². The van der Waals surface area contributed by atoms with E-state index in [-0.39, 0.29) is 6.03 Å². The topological polar surface area (TPSA) is 66.9 Å². The van der Waals surface area contributed by atoms with E-state index in [2.05, 4.69) is 20.2 Å². The molecule has 2 amide bonds. The maximum Gasteiger partial charge on any atom is 0.319 e. The van der Waals surface area contributed by atoms with Crippen LogP contribution in [-0.2, 0) is 6.54 Å². The van der Waals surface area contributed by atoms with Crippen molar-refractivity contribution >= 4 is 23.3 Å². The summed E-state index contributed by atoms with van der Waals surface area (Å²) in [7, 11) is 0. The Bertz CT molecular complexity index is 443. The molecule has 0 saturated carbocycles. The molecule has 0 atom stereocenters. The molecule has 2 aromatic rings. The van der Waals surface area contributed by atoms with Gasteiger partial charge in [0.1, 0.15) is 0 Å². The zero-order chi connectivity index (χ0) is 11.2. The molecule has 2 rings (SSSR count). The lowest BCUT2D eigenvalue weighted by Gasteiger charge is -2.05. The van der Waals surface area contributed by atoms with Gasteiger partial charge in [0.05, 0.1) is 12.2 Å². The third kappa shape index (κ3) is 3.03. The highest BCUT2D eigenvalue weighted by Gasteiger charge is 2.02. The predicted molar refractivity (Wildman–Crippen MR) is 62.2 cm³/mol. The van der Waals surface area contributed by atoms with Crippen LogP contribution in [-0.4, -0.2) is 15.6 Å². The van der Waals surface area contributed by atoms with Gasteiger partial charge in [-0.2, -0.15) is 0 Å². The molecule has 0 spiro atoms. The van der Waals surface area contributed by atoms with Crippen LogP contribution in [0.3, 0.4) is 0 Å². The van der Waals surface area contributed by atoms with E-state index < -0.39 is 0 Å². The summed E-state index contributed by atoms with van der Waals surface area (Å²) in [6.45, 7) is 0.384. The number of carbonyl (C=O) groups is 1. The van der Waals surface area contributed by atoms with Gasteiger partial charge >= 0.3 is 6.03 Å². The average Bonchev–Trinajstić information content (AvgIpc) is 2.81. The first-order valence-electron chi connectivity index (χ1n) is 4.70. The van der Waals surface area contributed by atoms with E-state index in [0.29, 0.717) is 6.54 Å². The van der Waals surface area contributed by atoms with E-state index in [1.54, 1.807) is 5.38 Å². The van der Waals surface area contributed by atoms with Crippen LogP contribution >= 0.6 is 11.5 Å². The van der Waals surface area contributed by atoms with Crippen LogP contribution in [0.15, 0.2) is 35.7 Å².